The first-order valence-corrected chi connectivity index (χ1v) is 15.7. The molecule has 0 aliphatic rings. The SMILES string of the molecule is CC(C)(C)[Si](C)(C)OC[C@@H](N)CCCN(C(=O)OCc1ccccc1)/C(N)=N/C(=O)OCc1ccccc1. The van der Waals surface area contributed by atoms with Gasteiger partial charge in [-0.1, -0.05) is 81.4 Å². The van der Waals surface area contributed by atoms with Gasteiger partial charge in [-0.25, -0.2) is 14.5 Å². The molecule has 0 saturated carbocycles. The average Bonchev–Trinajstić information content (AvgIpc) is 2.88. The van der Waals surface area contributed by atoms with Crippen LogP contribution in [0.3, 0.4) is 0 Å². The molecule has 4 N–H and O–H groups in total. The molecule has 0 aromatic heterocycles. The Morgan fingerprint density at radius 3 is 2.00 bits per heavy atom. The molecule has 0 heterocycles. The maximum atomic E-state index is 12.9. The minimum absolute atomic E-state index is 0.0397. The van der Waals surface area contributed by atoms with Crippen LogP contribution in [0.1, 0.15) is 44.7 Å². The molecular weight excluding hydrogens is 500 g/mol. The lowest BCUT2D eigenvalue weighted by molar-refractivity contribution is 0.114. The summed E-state index contributed by atoms with van der Waals surface area (Å²) in [5.74, 6) is -0.299. The van der Waals surface area contributed by atoms with E-state index in [1.165, 1.54) is 0 Å². The van der Waals surface area contributed by atoms with Gasteiger partial charge in [-0.05, 0) is 42.1 Å². The van der Waals surface area contributed by atoms with Crippen LogP contribution in [-0.2, 0) is 27.1 Å². The summed E-state index contributed by atoms with van der Waals surface area (Å²) in [6.07, 6.45) is -0.510. The van der Waals surface area contributed by atoms with Crippen molar-refractivity contribution in [3.63, 3.8) is 0 Å². The summed E-state index contributed by atoms with van der Waals surface area (Å²) in [6.45, 7) is 11.6. The van der Waals surface area contributed by atoms with E-state index in [1.54, 1.807) is 0 Å². The highest BCUT2D eigenvalue weighted by atomic mass is 28.4. The molecule has 0 unspecified atom stereocenters. The molecule has 0 radical (unpaired) electrons. The third kappa shape index (κ3) is 10.6. The van der Waals surface area contributed by atoms with Crippen LogP contribution in [-0.4, -0.2) is 50.6 Å². The Balaban J connectivity index is 1.98. The molecule has 10 heteroatoms. The molecule has 0 aliphatic carbocycles. The number of hydrogen-bond donors (Lipinski definition) is 2. The lowest BCUT2D eigenvalue weighted by Crippen LogP contribution is -2.45. The highest BCUT2D eigenvalue weighted by Crippen LogP contribution is 2.36. The minimum atomic E-state index is -1.91. The van der Waals surface area contributed by atoms with Crippen LogP contribution in [0.15, 0.2) is 65.7 Å². The molecule has 0 bridgehead atoms. The van der Waals surface area contributed by atoms with Gasteiger partial charge in [0.2, 0.25) is 5.96 Å². The molecule has 2 aromatic carbocycles. The number of hydrogen-bond acceptors (Lipinski definition) is 6. The second-order valence-corrected chi connectivity index (χ2v) is 15.5. The predicted octanol–water partition coefficient (Wildman–Crippen LogP) is 5.41. The van der Waals surface area contributed by atoms with Crippen molar-refractivity contribution in [2.45, 2.75) is 71.0 Å². The van der Waals surface area contributed by atoms with Crippen LogP contribution in [0.25, 0.3) is 0 Å². The summed E-state index contributed by atoms with van der Waals surface area (Å²) < 4.78 is 16.8. The molecule has 9 nitrogen and oxygen atoms in total. The largest absolute Gasteiger partial charge is 0.444 e. The van der Waals surface area contributed by atoms with Crippen molar-refractivity contribution in [2.24, 2.45) is 16.5 Å². The molecule has 2 rings (SSSR count). The van der Waals surface area contributed by atoms with Crippen LogP contribution in [0.2, 0.25) is 18.1 Å². The van der Waals surface area contributed by atoms with E-state index in [2.05, 4.69) is 38.9 Å². The summed E-state index contributed by atoms with van der Waals surface area (Å²) in [4.78, 5) is 30.1. The zero-order valence-electron chi connectivity index (χ0n) is 23.2. The van der Waals surface area contributed by atoms with Gasteiger partial charge in [0.25, 0.3) is 0 Å². The van der Waals surface area contributed by atoms with Crippen molar-refractivity contribution in [1.82, 2.24) is 4.90 Å². The zero-order valence-corrected chi connectivity index (χ0v) is 24.2. The van der Waals surface area contributed by atoms with Gasteiger partial charge in [-0.2, -0.15) is 0 Å². The van der Waals surface area contributed by atoms with Gasteiger partial charge in [-0.15, -0.1) is 4.99 Å². The van der Waals surface area contributed by atoms with E-state index in [0.717, 1.165) is 16.0 Å². The average molecular weight is 543 g/mol. The van der Waals surface area contributed by atoms with E-state index in [-0.39, 0.29) is 36.8 Å². The molecule has 2 amide bonds. The third-order valence-electron chi connectivity index (χ3n) is 6.53. The van der Waals surface area contributed by atoms with Crippen LogP contribution in [0.4, 0.5) is 9.59 Å². The van der Waals surface area contributed by atoms with E-state index in [4.69, 9.17) is 25.4 Å². The van der Waals surface area contributed by atoms with Gasteiger partial charge >= 0.3 is 12.2 Å². The predicted molar refractivity (Wildman–Crippen MR) is 152 cm³/mol. The Morgan fingerprint density at radius 1 is 0.947 bits per heavy atom. The summed E-state index contributed by atoms with van der Waals surface area (Å²) >= 11 is 0. The summed E-state index contributed by atoms with van der Waals surface area (Å²) in [7, 11) is -1.91. The first kappa shape index (κ1) is 31.0. The van der Waals surface area contributed by atoms with Crippen LogP contribution in [0, 0.1) is 0 Å². The Labute approximate surface area is 227 Å². The zero-order chi connectivity index (χ0) is 28.2. The molecule has 0 saturated heterocycles. The highest BCUT2D eigenvalue weighted by molar-refractivity contribution is 6.74. The van der Waals surface area contributed by atoms with Crippen molar-refractivity contribution in [3.05, 3.63) is 71.8 Å². The topological polar surface area (TPSA) is 129 Å². The monoisotopic (exact) mass is 542 g/mol. The van der Waals surface area contributed by atoms with E-state index >= 15 is 0 Å². The maximum Gasteiger partial charge on any atom is 0.437 e. The number of nitrogens with two attached hydrogens (primary N) is 2. The summed E-state index contributed by atoms with van der Waals surface area (Å²) in [5, 5.41) is 0.0894. The Morgan fingerprint density at radius 2 is 1.47 bits per heavy atom. The molecular formula is C28H42N4O5Si. The Hall–Kier alpha value is -3.21. The smallest absolute Gasteiger partial charge is 0.437 e. The molecule has 0 spiro atoms. The highest BCUT2D eigenvalue weighted by Gasteiger charge is 2.37. The third-order valence-corrected chi connectivity index (χ3v) is 11.0. The maximum absolute atomic E-state index is 12.9. The van der Waals surface area contributed by atoms with Crippen LogP contribution < -0.4 is 11.5 Å². The molecule has 0 aliphatic heterocycles. The second kappa shape index (κ2) is 14.7. The number of benzene rings is 2. The van der Waals surface area contributed by atoms with Gasteiger partial charge in [0.15, 0.2) is 8.32 Å². The van der Waals surface area contributed by atoms with E-state index in [0.29, 0.717) is 19.4 Å². The van der Waals surface area contributed by atoms with Gasteiger partial charge in [0, 0.05) is 19.2 Å². The van der Waals surface area contributed by atoms with Crippen molar-refractivity contribution < 1.29 is 23.5 Å². The van der Waals surface area contributed by atoms with Crippen LogP contribution >= 0.6 is 0 Å². The fourth-order valence-corrected chi connectivity index (χ4v) is 4.19. The van der Waals surface area contributed by atoms with Gasteiger partial charge in [0.1, 0.15) is 13.2 Å². The Bertz CT molecular complexity index is 1040. The molecule has 208 valence electrons. The minimum Gasteiger partial charge on any atom is -0.444 e. The number of rotatable bonds is 11. The first-order valence-electron chi connectivity index (χ1n) is 12.8. The second-order valence-electron chi connectivity index (χ2n) is 10.7. The molecule has 1 atom stereocenters. The normalized spacial score (nSPS) is 13.1. The lowest BCUT2D eigenvalue weighted by Gasteiger charge is -2.37. The number of carbonyl (C=O) groups is 2. The van der Waals surface area contributed by atoms with Crippen molar-refractivity contribution in [1.29, 1.82) is 0 Å². The first-order chi connectivity index (χ1) is 17.9. The van der Waals surface area contributed by atoms with E-state index < -0.39 is 20.5 Å². The van der Waals surface area contributed by atoms with Crippen LogP contribution in [0.5, 0.6) is 0 Å². The Kier molecular flexibility index (Phi) is 12.0. The standard InChI is InChI=1S/C28H42N4O5Si/c1-28(2,3)38(4,5)37-21-24(29)17-12-18-32(27(34)36-20-23-15-10-7-11-16-23)25(30)31-26(33)35-19-22-13-8-6-9-14-22/h6-11,13-16,24H,12,17-21,29H2,1-5H3,(H2,30,31,33)/t24-/m0/s1. The number of aliphatic imine (C=N–C) groups is 1. The number of nitrogens with zero attached hydrogens (tertiary/aromatic N) is 2. The van der Waals surface area contributed by atoms with E-state index in [9.17, 15) is 9.59 Å². The number of amides is 2. The van der Waals surface area contributed by atoms with Gasteiger partial charge in [0.05, 0.1) is 0 Å². The number of guanidine groups is 1. The molecule has 2 aromatic rings. The van der Waals surface area contributed by atoms with E-state index in [1.807, 2.05) is 60.7 Å². The van der Waals surface area contributed by atoms with Crippen molar-refractivity contribution in [3.8, 4) is 0 Å². The lowest BCUT2D eigenvalue weighted by atomic mass is 10.2. The van der Waals surface area contributed by atoms with Crippen molar-refractivity contribution >= 4 is 26.5 Å². The summed E-state index contributed by atoms with van der Waals surface area (Å²) in [5.41, 5.74) is 14.0. The number of ether oxygens (including phenoxy) is 2. The van der Waals surface area contributed by atoms with Crippen molar-refractivity contribution in [2.75, 3.05) is 13.2 Å². The fraction of sp³-hybridized carbons (Fsp3) is 0.464. The molecule has 0 fully saturated rings. The summed E-state index contributed by atoms with van der Waals surface area (Å²) in [6, 6.07) is 18.3. The fourth-order valence-electron chi connectivity index (χ4n) is 3.13. The quantitative estimate of drug-likeness (QED) is 0.221. The van der Waals surface area contributed by atoms with Gasteiger partial charge in [-0.3, -0.25) is 0 Å². The van der Waals surface area contributed by atoms with Gasteiger partial charge < -0.3 is 25.4 Å². The molecule has 38 heavy (non-hydrogen) atoms. The number of carbonyl (C=O) groups excluding carboxylic acids is 2.